The van der Waals surface area contributed by atoms with Crippen LogP contribution < -0.4 is 10.1 Å². The predicted octanol–water partition coefficient (Wildman–Crippen LogP) is 2.39. The predicted molar refractivity (Wildman–Crippen MR) is 71.8 cm³/mol. The summed E-state index contributed by atoms with van der Waals surface area (Å²) < 4.78 is 18.0. The van der Waals surface area contributed by atoms with Gasteiger partial charge in [-0.2, -0.15) is 4.39 Å². The van der Waals surface area contributed by atoms with Crippen LogP contribution in [0.1, 0.15) is 10.4 Å². The van der Waals surface area contributed by atoms with E-state index in [1.54, 1.807) is 0 Å². The summed E-state index contributed by atoms with van der Waals surface area (Å²) in [6.07, 6.45) is 1.15. The van der Waals surface area contributed by atoms with Gasteiger partial charge in [-0.3, -0.25) is 14.9 Å². The van der Waals surface area contributed by atoms with Gasteiger partial charge < -0.3 is 10.1 Å². The summed E-state index contributed by atoms with van der Waals surface area (Å²) in [5.41, 5.74) is -0.0445. The van der Waals surface area contributed by atoms with Crippen molar-refractivity contribution in [1.82, 2.24) is 4.98 Å². The van der Waals surface area contributed by atoms with Crippen LogP contribution in [0, 0.1) is 16.1 Å². The molecule has 2 aromatic rings. The number of benzene rings is 1. The first-order valence-electron chi connectivity index (χ1n) is 5.76. The third-order valence-corrected chi connectivity index (χ3v) is 2.63. The van der Waals surface area contributed by atoms with Crippen molar-refractivity contribution in [1.29, 1.82) is 0 Å². The minimum absolute atomic E-state index is 0.0380. The van der Waals surface area contributed by atoms with Crippen molar-refractivity contribution in [3.8, 4) is 5.75 Å². The summed E-state index contributed by atoms with van der Waals surface area (Å²) in [7, 11) is 1.36. The van der Waals surface area contributed by atoms with E-state index in [1.807, 2.05) is 0 Å². The largest absolute Gasteiger partial charge is 0.495 e. The van der Waals surface area contributed by atoms with Gasteiger partial charge in [0, 0.05) is 30.0 Å². The molecule has 1 amide bonds. The van der Waals surface area contributed by atoms with Gasteiger partial charge >= 0.3 is 0 Å². The van der Waals surface area contributed by atoms with E-state index in [4.69, 9.17) is 4.74 Å². The van der Waals surface area contributed by atoms with E-state index in [9.17, 15) is 19.3 Å². The highest BCUT2D eigenvalue weighted by Crippen LogP contribution is 2.29. The number of non-ortho nitro benzene ring substituents is 1. The number of hydrogen-bond acceptors (Lipinski definition) is 5. The number of halogens is 1. The van der Waals surface area contributed by atoms with E-state index in [0.29, 0.717) is 0 Å². The van der Waals surface area contributed by atoms with Crippen molar-refractivity contribution in [2.24, 2.45) is 0 Å². The van der Waals surface area contributed by atoms with Gasteiger partial charge in [0.05, 0.1) is 17.7 Å². The number of nitro groups is 1. The van der Waals surface area contributed by atoms with Gasteiger partial charge in [-0.25, -0.2) is 4.98 Å². The lowest BCUT2D eigenvalue weighted by Gasteiger charge is -2.09. The average Bonchev–Trinajstić information content (AvgIpc) is 2.47. The fraction of sp³-hybridized carbons (Fsp3) is 0.0769. The van der Waals surface area contributed by atoms with Crippen molar-refractivity contribution in [2.75, 3.05) is 12.4 Å². The van der Waals surface area contributed by atoms with Gasteiger partial charge in [-0.1, -0.05) is 0 Å². The van der Waals surface area contributed by atoms with Crippen molar-refractivity contribution in [2.45, 2.75) is 0 Å². The fourth-order valence-corrected chi connectivity index (χ4v) is 1.65. The zero-order chi connectivity index (χ0) is 15.4. The van der Waals surface area contributed by atoms with E-state index in [2.05, 4.69) is 10.3 Å². The van der Waals surface area contributed by atoms with Crippen LogP contribution in [-0.2, 0) is 0 Å². The number of amides is 1. The Morgan fingerprint density at radius 3 is 2.76 bits per heavy atom. The van der Waals surface area contributed by atoms with Crippen molar-refractivity contribution in [3.63, 3.8) is 0 Å². The minimum atomic E-state index is -0.798. The molecule has 2 rings (SSSR count). The summed E-state index contributed by atoms with van der Waals surface area (Å²) in [6.45, 7) is 0. The number of pyridine rings is 1. The number of anilines is 1. The number of ether oxygens (including phenoxy) is 1. The summed E-state index contributed by atoms with van der Waals surface area (Å²) in [5, 5.41) is 13.2. The quantitative estimate of drug-likeness (QED) is 0.530. The molecule has 1 heterocycles. The Labute approximate surface area is 118 Å². The lowest BCUT2D eigenvalue weighted by molar-refractivity contribution is -0.384. The van der Waals surface area contributed by atoms with Crippen LogP contribution in [0.25, 0.3) is 0 Å². The lowest BCUT2D eigenvalue weighted by Crippen LogP contribution is -2.13. The van der Waals surface area contributed by atoms with Gasteiger partial charge in [-0.05, 0) is 12.1 Å². The number of carbonyl (C=O) groups excluding carboxylic acids is 1. The van der Waals surface area contributed by atoms with E-state index < -0.39 is 16.8 Å². The van der Waals surface area contributed by atoms with Gasteiger partial charge in [-0.15, -0.1) is 0 Å². The minimum Gasteiger partial charge on any atom is -0.495 e. The van der Waals surface area contributed by atoms with Crippen LogP contribution >= 0.6 is 0 Å². The average molecular weight is 291 g/mol. The number of hydrogen-bond donors (Lipinski definition) is 1. The summed E-state index contributed by atoms with van der Waals surface area (Å²) >= 11 is 0. The van der Waals surface area contributed by atoms with Gasteiger partial charge in [0.2, 0.25) is 5.95 Å². The van der Waals surface area contributed by atoms with E-state index in [0.717, 1.165) is 18.3 Å². The molecule has 7 nitrogen and oxygen atoms in total. The second-order valence-corrected chi connectivity index (χ2v) is 3.96. The number of methoxy groups -OCH3 is 1. The highest BCUT2D eigenvalue weighted by Gasteiger charge is 2.15. The van der Waals surface area contributed by atoms with Crippen molar-refractivity contribution >= 4 is 17.3 Å². The van der Waals surface area contributed by atoms with Gasteiger partial charge in [0.25, 0.3) is 11.6 Å². The Morgan fingerprint density at radius 1 is 1.38 bits per heavy atom. The van der Waals surface area contributed by atoms with Crippen LogP contribution in [0.15, 0.2) is 36.5 Å². The molecule has 0 atom stereocenters. The van der Waals surface area contributed by atoms with Crippen LogP contribution in [-0.4, -0.2) is 22.9 Å². The lowest BCUT2D eigenvalue weighted by atomic mass is 10.2. The maximum atomic E-state index is 13.0. The molecule has 0 aliphatic heterocycles. The molecule has 0 radical (unpaired) electrons. The Balaban J connectivity index is 2.31. The SMILES string of the molecule is COc1ccc([N+](=O)[O-])cc1NC(=O)c1ccnc(F)c1. The van der Waals surface area contributed by atoms with E-state index >= 15 is 0 Å². The maximum absolute atomic E-state index is 13.0. The first-order chi connectivity index (χ1) is 10.0. The monoisotopic (exact) mass is 291 g/mol. The number of nitrogens with zero attached hydrogens (tertiary/aromatic N) is 2. The molecule has 0 bridgehead atoms. The topological polar surface area (TPSA) is 94.4 Å². The molecule has 0 spiro atoms. The Morgan fingerprint density at radius 2 is 2.14 bits per heavy atom. The number of carbonyl (C=O) groups is 1. The Hall–Kier alpha value is -3.03. The molecule has 21 heavy (non-hydrogen) atoms. The summed E-state index contributed by atoms with van der Waals surface area (Å²) in [4.78, 5) is 25.5. The zero-order valence-corrected chi connectivity index (χ0v) is 10.9. The molecule has 8 heteroatoms. The molecule has 0 aliphatic rings. The van der Waals surface area contributed by atoms with Gasteiger partial charge in [0.15, 0.2) is 0 Å². The van der Waals surface area contributed by atoms with Crippen LogP contribution in [0.3, 0.4) is 0 Å². The first kappa shape index (κ1) is 14.4. The summed E-state index contributed by atoms with van der Waals surface area (Å²) in [5.74, 6) is -1.17. The second-order valence-electron chi connectivity index (χ2n) is 3.96. The fourth-order valence-electron chi connectivity index (χ4n) is 1.65. The molecule has 0 saturated heterocycles. The van der Waals surface area contributed by atoms with Crippen LogP contribution in [0.2, 0.25) is 0 Å². The number of rotatable bonds is 4. The maximum Gasteiger partial charge on any atom is 0.271 e. The van der Waals surface area contributed by atoms with Gasteiger partial charge in [0.1, 0.15) is 5.75 Å². The molecular weight excluding hydrogens is 281 g/mol. The summed E-state index contributed by atoms with van der Waals surface area (Å²) in [6, 6.07) is 6.05. The molecular formula is C13H10FN3O4. The molecule has 0 unspecified atom stereocenters. The smallest absolute Gasteiger partial charge is 0.271 e. The standard InChI is InChI=1S/C13H10FN3O4/c1-21-11-3-2-9(17(19)20)7-10(11)16-13(18)8-4-5-15-12(14)6-8/h2-7H,1H3,(H,16,18). The third-order valence-electron chi connectivity index (χ3n) is 2.63. The molecule has 0 saturated carbocycles. The second kappa shape index (κ2) is 5.95. The van der Waals surface area contributed by atoms with Crippen LogP contribution in [0.4, 0.5) is 15.8 Å². The highest BCUT2D eigenvalue weighted by atomic mass is 19.1. The van der Waals surface area contributed by atoms with E-state index in [1.165, 1.54) is 25.3 Å². The number of nitrogens with one attached hydrogen (secondary N) is 1. The molecule has 0 aliphatic carbocycles. The zero-order valence-electron chi connectivity index (χ0n) is 10.9. The molecule has 1 aromatic carbocycles. The molecule has 108 valence electrons. The van der Waals surface area contributed by atoms with E-state index in [-0.39, 0.29) is 22.7 Å². The number of nitro benzene ring substituents is 1. The molecule has 1 N–H and O–H groups in total. The number of aromatic nitrogens is 1. The normalized spacial score (nSPS) is 10.0. The van der Waals surface area contributed by atoms with Crippen LogP contribution in [0.5, 0.6) is 5.75 Å². The molecule has 0 fully saturated rings. The first-order valence-corrected chi connectivity index (χ1v) is 5.76. The Kier molecular flexibility index (Phi) is 4.07. The van der Waals surface area contributed by atoms with Crippen molar-refractivity contribution < 1.29 is 18.8 Å². The van der Waals surface area contributed by atoms with Crippen molar-refractivity contribution in [3.05, 3.63) is 58.2 Å². The third kappa shape index (κ3) is 3.30. The highest BCUT2D eigenvalue weighted by molar-refractivity contribution is 6.05. The Bertz CT molecular complexity index is 706. The molecule has 1 aromatic heterocycles.